The van der Waals surface area contributed by atoms with Crippen LogP contribution in [0.3, 0.4) is 0 Å². The number of benzene rings is 2. The number of rotatable bonds is 8. The van der Waals surface area contributed by atoms with Gasteiger partial charge in [0.25, 0.3) is 0 Å². The van der Waals surface area contributed by atoms with Crippen LogP contribution in [0.1, 0.15) is 24.5 Å². The molecule has 3 nitrogen and oxygen atoms in total. The number of nitrogens with one attached hydrogen (secondary N) is 1. The Morgan fingerprint density at radius 2 is 1.56 bits per heavy atom. The largest absolute Gasteiger partial charge is 0.243 e. The molecule has 148 valence electrons. The average molecular weight is 467 g/mol. The van der Waals surface area contributed by atoms with E-state index in [0.717, 1.165) is 12.2 Å². The summed E-state index contributed by atoms with van der Waals surface area (Å²) in [6, 6.07) is 9.21. The predicted molar refractivity (Wildman–Crippen MR) is 117 cm³/mol. The third-order valence-electron chi connectivity index (χ3n) is 3.93. The number of hydrogen-bond acceptors (Lipinski definition) is 3. The van der Waals surface area contributed by atoms with Gasteiger partial charge in [-0.2, -0.15) is 0 Å². The fraction of sp³-hybridized carbons (Fsp3) is 0.368. The van der Waals surface area contributed by atoms with E-state index < -0.39 is 10.0 Å². The van der Waals surface area contributed by atoms with Crippen LogP contribution in [0, 0.1) is 19.8 Å². The number of thioether (sulfide) groups is 1. The summed E-state index contributed by atoms with van der Waals surface area (Å²) in [4.78, 5) is 1.10. The smallest absolute Gasteiger partial charge is 0.211 e. The Labute approximate surface area is 180 Å². The highest BCUT2D eigenvalue weighted by Gasteiger charge is 2.22. The van der Waals surface area contributed by atoms with Crippen molar-refractivity contribution < 1.29 is 8.42 Å². The summed E-state index contributed by atoms with van der Waals surface area (Å²) in [5, 5.41) is 0.316. The number of halogens is 3. The minimum absolute atomic E-state index is 0.0121. The molecule has 0 amide bonds. The molecule has 0 saturated carbocycles. The van der Waals surface area contributed by atoms with Crippen molar-refractivity contribution >= 4 is 56.6 Å². The first-order chi connectivity index (χ1) is 12.6. The molecule has 0 saturated heterocycles. The first-order valence-corrected chi connectivity index (χ1v) is 12.0. The molecule has 1 unspecified atom stereocenters. The Morgan fingerprint density at radius 3 is 2.11 bits per heavy atom. The van der Waals surface area contributed by atoms with Crippen LogP contribution < -0.4 is 4.72 Å². The van der Waals surface area contributed by atoms with Crippen LogP contribution in [0.15, 0.2) is 40.1 Å². The molecule has 27 heavy (non-hydrogen) atoms. The zero-order valence-electron chi connectivity index (χ0n) is 15.4. The van der Waals surface area contributed by atoms with Crippen LogP contribution in [-0.2, 0) is 10.0 Å². The average Bonchev–Trinajstić information content (AvgIpc) is 2.50. The number of sulfonamides is 1. The third-order valence-corrected chi connectivity index (χ3v) is 7.50. The van der Waals surface area contributed by atoms with Gasteiger partial charge in [-0.1, -0.05) is 47.8 Å². The SMILES string of the molecule is Cc1cc(C)cc(SCCC(C)CNS(=O)(=O)c2c(Cl)cc(Cl)cc2Cl)c1. The van der Waals surface area contributed by atoms with Crippen LogP contribution in [-0.4, -0.2) is 20.7 Å². The Bertz CT molecular complexity index is 874. The minimum Gasteiger partial charge on any atom is -0.211 e. The molecule has 2 aromatic carbocycles. The van der Waals surface area contributed by atoms with E-state index in [9.17, 15) is 8.42 Å². The number of hydrogen-bond donors (Lipinski definition) is 1. The second-order valence-electron chi connectivity index (χ2n) is 6.62. The Kier molecular flexibility index (Phi) is 8.34. The van der Waals surface area contributed by atoms with Crippen molar-refractivity contribution in [2.45, 2.75) is 37.0 Å². The normalized spacial score (nSPS) is 13.0. The molecule has 0 aliphatic carbocycles. The molecule has 0 aliphatic heterocycles. The Balaban J connectivity index is 1.90. The molecule has 0 aromatic heterocycles. The van der Waals surface area contributed by atoms with E-state index in [2.05, 4.69) is 36.8 Å². The lowest BCUT2D eigenvalue weighted by Crippen LogP contribution is -2.29. The van der Waals surface area contributed by atoms with Gasteiger partial charge < -0.3 is 0 Å². The van der Waals surface area contributed by atoms with Crippen molar-refractivity contribution in [3.05, 3.63) is 56.5 Å². The molecule has 0 radical (unpaired) electrons. The molecule has 0 bridgehead atoms. The van der Waals surface area contributed by atoms with Crippen LogP contribution in [0.4, 0.5) is 0 Å². The van der Waals surface area contributed by atoms with Gasteiger partial charge in [0.05, 0.1) is 10.0 Å². The molecule has 0 spiro atoms. The van der Waals surface area contributed by atoms with Gasteiger partial charge in [-0.3, -0.25) is 0 Å². The monoisotopic (exact) mass is 465 g/mol. The van der Waals surface area contributed by atoms with Crippen LogP contribution in [0.2, 0.25) is 15.1 Å². The van der Waals surface area contributed by atoms with Crippen molar-refractivity contribution in [2.24, 2.45) is 5.92 Å². The van der Waals surface area contributed by atoms with E-state index in [1.54, 1.807) is 11.8 Å². The van der Waals surface area contributed by atoms with Crippen molar-refractivity contribution in [3.8, 4) is 0 Å². The summed E-state index contributed by atoms with van der Waals surface area (Å²) in [5.74, 6) is 1.08. The maximum Gasteiger partial charge on any atom is 0.243 e. The molecular formula is C19H22Cl3NO2S2. The molecular weight excluding hydrogens is 445 g/mol. The Hall–Kier alpha value is -0.430. The molecule has 0 heterocycles. The highest BCUT2D eigenvalue weighted by atomic mass is 35.5. The van der Waals surface area contributed by atoms with Gasteiger partial charge in [0.15, 0.2) is 0 Å². The van der Waals surface area contributed by atoms with Gasteiger partial charge in [-0.15, -0.1) is 11.8 Å². The lowest BCUT2D eigenvalue weighted by molar-refractivity contribution is 0.531. The van der Waals surface area contributed by atoms with Crippen molar-refractivity contribution in [1.29, 1.82) is 0 Å². The molecule has 2 aromatic rings. The first kappa shape index (κ1) is 22.9. The molecule has 1 N–H and O–H groups in total. The van der Waals surface area contributed by atoms with Crippen molar-refractivity contribution in [2.75, 3.05) is 12.3 Å². The maximum absolute atomic E-state index is 12.5. The lowest BCUT2D eigenvalue weighted by atomic mass is 10.1. The number of aryl methyl sites for hydroxylation is 2. The highest BCUT2D eigenvalue weighted by molar-refractivity contribution is 7.99. The second kappa shape index (κ2) is 9.86. The molecule has 0 aliphatic rings. The summed E-state index contributed by atoms with van der Waals surface area (Å²) in [7, 11) is -3.80. The maximum atomic E-state index is 12.5. The van der Waals surface area contributed by atoms with E-state index >= 15 is 0 Å². The molecule has 1 atom stereocenters. The summed E-state index contributed by atoms with van der Waals surface area (Å²) in [6.45, 7) is 6.49. The van der Waals surface area contributed by atoms with E-state index in [0.29, 0.717) is 11.6 Å². The summed E-state index contributed by atoms with van der Waals surface area (Å²) >= 11 is 19.7. The molecule has 2 rings (SSSR count). The van der Waals surface area contributed by atoms with Gasteiger partial charge in [0.1, 0.15) is 4.90 Å². The van der Waals surface area contributed by atoms with E-state index in [1.165, 1.54) is 28.2 Å². The quantitative estimate of drug-likeness (QED) is 0.460. The summed E-state index contributed by atoms with van der Waals surface area (Å²) < 4.78 is 27.7. The molecule has 8 heteroatoms. The van der Waals surface area contributed by atoms with Gasteiger partial charge in [-0.05, 0) is 67.3 Å². The topological polar surface area (TPSA) is 46.2 Å². The van der Waals surface area contributed by atoms with E-state index in [1.807, 2.05) is 6.92 Å². The van der Waals surface area contributed by atoms with E-state index in [4.69, 9.17) is 34.8 Å². The summed E-state index contributed by atoms with van der Waals surface area (Å²) in [5.41, 5.74) is 2.49. The summed E-state index contributed by atoms with van der Waals surface area (Å²) in [6.07, 6.45) is 0.877. The minimum atomic E-state index is -3.80. The molecule has 0 fully saturated rings. The van der Waals surface area contributed by atoms with Gasteiger partial charge >= 0.3 is 0 Å². The van der Waals surface area contributed by atoms with Crippen molar-refractivity contribution in [1.82, 2.24) is 4.72 Å². The lowest BCUT2D eigenvalue weighted by Gasteiger charge is -2.15. The third kappa shape index (κ3) is 6.84. The van der Waals surface area contributed by atoms with Crippen LogP contribution in [0.25, 0.3) is 0 Å². The Morgan fingerprint density at radius 1 is 1.00 bits per heavy atom. The first-order valence-electron chi connectivity index (χ1n) is 8.44. The zero-order valence-corrected chi connectivity index (χ0v) is 19.3. The van der Waals surface area contributed by atoms with Gasteiger partial charge in [0.2, 0.25) is 10.0 Å². The van der Waals surface area contributed by atoms with Crippen LogP contribution in [0.5, 0.6) is 0 Å². The fourth-order valence-corrected chi connectivity index (χ4v) is 6.61. The predicted octanol–water partition coefficient (Wildman–Crippen LogP) is 6.36. The fourth-order valence-electron chi connectivity index (χ4n) is 2.61. The highest BCUT2D eigenvalue weighted by Crippen LogP contribution is 2.32. The van der Waals surface area contributed by atoms with Gasteiger partial charge in [0, 0.05) is 16.5 Å². The van der Waals surface area contributed by atoms with E-state index in [-0.39, 0.29) is 20.9 Å². The van der Waals surface area contributed by atoms with Crippen LogP contribution >= 0.6 is 46.6 Å². The second-order valence-corrected chi connectivity index (χ2v) is 10.7. The van der Waals surface area contributed by atoms with Crippen molar-refractivity contribution in [3.63, 3.8) is 0 Å². The standard InChI is InChI=1S/C19H22Cl3NO2S2/c1-12(4-5-26-16-7-13(2)6-14(3)8-16)11-23-27(24,25)19-17(21)9-15(20)10-18(19)22/h6-10,12,23H,4-5,11H2,1-3H3. The zero-order chi connectivity index (χ0) is 20.2. The van der Waals surface area contributed by atoms with Gasteiger partial charge in [-0.25, -0.2) is 13.1 Å².